The monoisotopic (exact) mass is 277 g/mol. The normalized spacial score (nSPS) is 12.6. The van der Waals surface area contributed by atoms with Crippen molar-refractivity contribution in [1.29, 1.82) is 0 Å². The molecule has 1 atom stereocenters. The van der Waals surface area contributed by atoms with E-state index in [0.29, 0.717) is 12.2 Å². The van der Waals surface area contributed by atoms with Crippen LogP contribution in [0.5, 0.6) is 0 Å². The van der Waals surface area contributed by atoms with Crippen LogP contribution in [-0.2, 0) is 13.5 Å². The number of nitrogens with one attached hydrogen (secondary N) is 1. The van der Waals surface area contributed by atoms with E-state index in [1.807, 2.05) is 13.0 Å². The van der Waals surface area contributed by atoms with Gasteiger partial charge >= 0.3 is 0 Å². The van der Waals surface area contributed by atoms with E-state index in [1.165, 1.54) is 10.9 Å². The number of hydrogen-bond donors (Lipinski definition) is 1. The zero-order chi connectivity index (χ0) is 14.5. The highest BCUT2D eigenvalue weighted by Gasteiger charge is 2.16. The van der Waals surface area contributed by atoms with Gasteiger partial charge in [0.05, 0.1) is 7.05 Å². The van der Waals surface area contributed by atoms with E-state index in [4.69, 9.17) is 0 Å². The average molecular weight is 277 g/mol. The van der Waals surface area contributed by atoms with Gasteiger partial charge < -0.3 is 5.32 Å². The Kier molecular flexibility index (Phi) is 4.79. The fraction of sp³-hybridized carbons (Fsp3) is 0.500. The maximum atomic E-state index is 13.2. The van der Waals surface area contributed by atoms with Gasteiger partial charge in [-0.15, -0.1) is 10.2 Å². The summed E-state index contributed by atoms with van der Waals surface area (Å²) in [6.45, 7) is 4.92. The first kappa shape index (κ1) is 14.6. The van der Waals surface area contributed by atoms with Gasteiger partial charge in [-0.25, -0.2) is 4.39 Å². The topological polar surface area (TPSA) is 55.6 Å². The van der Waals surface area contributed by atoms with Crippen molar-refractivity contribution in [3.63, 3.8) is 0 Å². The molecule has 0 amide bonds. The first-order chi connectivity index (χ1) is 9.60. The molecule has 0 saturated heterocycles. The lowest BCUT2D eigenvalue weighted by atomic mass is 9.98. The molecule has 0 bridgehead atoms. The Bertz CT molecular complexity index is 566. The Balaban J connectivity index is 2.22. The summed E-state index contributed by atoms with van der Waals surface area (Å²) in [7, 11) is 1.74. The summed E-state index contributed by atoms with van der Waals surface area (Å²) in [5.74, 6) is 0.475. The molecule has 108 valence electrons. The standard InChI is InChI=1S/C14H20FN5/c1-4-7-16-13(9-14-17-19-20(3)18-14)12-6-5-11(15)8-10(12)2/h5-6,8,13,16H,4,7,9H2,1-3H3. The number of rotatable bonds is 6. The minimum absolute atomic E-state index is 0.0692. The van der Waals surface area contributed by atoms with Crippen LogP contribution in [0.25, 0.3) is 0 Å². The maximum Gasteiger partial charge on any atom is 0.176 e. The van der Waals surface area contributed by atoms with Gasteiger partial charge in [-0.05, 0) is 48.4 Å². The number of benzene rings is 1. The molecule has 0 aliphatic carbocycles. The van der Waals surface area contributed by atoms with Crippen LogP contribution in [-0.4, -0.2) is 26.8 Å². The number of tetrazole rings is 1. The Morgan fingerprint density at radius 1 is 1.40 bits per heavy atom. The van der Waals surface area contributed by atoms with Gasteiger partial charge in [0.15, 0.2) is 5.82 Å². The summed E-state index contributed by atoms with van der Waals surface area (Å²) in [4.78, 5) is 1.45. The summed E-state index contributed by atoms with van der Waals surface area (Å²) in [5, 5.41) is 15.5. The van der Waals surface area contributed by atoms with E-state index in [0.717, 1.165) is 24.1 Å². The van der Waals surface area contributed by atoms with Crippen LogP contribution >= 0.6 is 0 Å². The van der Waals surface area contributed by atoms with Crippen LogP contribution < -0.4 is 5.32 Å². The highest BCUT2D eigenvalue weighted by molar-refractivity contribution is 5.30. The molecule has 1 N–H and O–H groups in total. The number of aryl methyl sites for hydroxylation is 2. The van der Waals surface area contributed by atoms with E-state index in [-0.39, 0.29) is 11.9 Å². The molecule has 1 heterocycles. The van der Waals surface area contributed by atoms with Crippen LogP contribution in [0.2, 0.25) is 0 Å². The largest absolute Gasteiger partial charge is 0.310 e. The van der Waals surface area contributed by atoms with Crippen LogP contribution in [0.1, 0.15) is 36.3 Å². The van der Waals surface area contributed by atoms with Gasteiger partial charge in [-0.3, -0.25) is 0 Å². The Hall–Kier alpha value is -1.82. The van der Waals surface area contributed by atoms with Crippen molar-refractivity contribution in [3.05, 3.63) is 41.0 Å². The quantitative estimate of drug-likeness (QED) is 0.876. The molecule has 0 aliphatic heterocycles. The number of aromatic nitrogens is 4. The number of hydrogen-bond acceptors (Lipinski definition) is 4. The third kappa shape index (κ3) is 3.60. The summed E-state index contributed by atoms with van der Waals surface area (Å²) < 4.78 is 13.2. The molecule has 6 heteroatoms. The summed E-state index contributed by atoms with van der Waals surface area (Å²) in [6, 6.07) is 4.95. The van der Waals surface area contributed by atoms with Crippen LogP contribution in [0.15, 0.2) is 18.2 Å². The van der Waals surface area contributed by atoms with Gasteiger partial charge in [-0.1, -0.05) is 13.0 Å². The first-order valence-corrected chi connectivity index (χ1v) is 6.82. The molecule has 0 radical (unpaired) electrons. The van der Waals surface area contributed by atoms with Crippen LogP contribution in [0.4, 0.5) is 4.39 Å². The molecular weight excluding hydrogens is 257 g/mol. The second-order valence-electron chi connectivity index (χ2n) is 4.91. The number of halogens is 1. The Labute approximate surface area is 118 Å². The van der Waals surface area contributed by atoms with E-state index in [1.54, 1.807) is 13.1 Å². The zero-order valence-corrected chi connectivity index (χ0v) is 12.1. The molecule has 2 rings (SSSR count). The van der Waals surface area contributed by atoms with Gasteiger partial charge in [0.2, 0.25) is 0 Å². The second-order valence-corrected chi connectivity index (χ2v) is 4.91. The molecule has 1 aromatic carbocycles. The Morgan fingerprint density at radius 3 is 2.80 bits per heavy atom. The van der Waals surface area contributed by atoms with Gasteiger partial charge in [0.25, 0.3) is 0 Å². The summed E-state index contributed by atoms with van der Waals surface area (Å²) >= 11 is 0. The lowest BCUT2D eigenvalue weighted by Crippen LogP contribution is -2.25. The summed E-state index contributed by atoms with van der Waals surface area (Å²) in [5.41, 5.74) is 2.01. The molecule has 0 saturated carbocycles. The van der Waals surface area contributed by atoms with Crippen molar-refractivity contribution in [1.82, 2.24) is 25.5 Å². The van der Waals surface area contributed by atoms with Gasteiger partial charge in [0, 0.05) is 12.5 Å². The molecule has 0 fully saturated rings. The molecule has 0 spiro atoms. The Morgan fingerprint density at radius 2 is 2.20 bits per heavy atom. The molecule has 1 aromatic heterocycles. The van der Waals surface area contributed by atoms with Crippen molar-refractivity contribution in [2.24, 2.45) is 7.05 Å². The predicted octanol–water partition coefficient (Wildman–Crippen LogP) is 1.94. The van der Waals surface area contributed by atoms with E-state index < -0.39 is 0 Å². The predicted molar refractivity (Wildman–Crippen MR) is 74.7 cm³/mol. The van der Waals surface area contributed by atoms with E-state index >= 15 is 0 Å². The highest BCUT2D eigenvalue weighted by atomic mass is 19.1. The fourth-order valence-corrected chi connectivity index (χ4v) is 2.23. The van der Waals surface area contributed by atoms with Gasteiger partial charge in [-0.2, -0.15) is 4.80 Å². The van der Waals surface area contributed by atoms with E-state index in [9.17, 15) is 4.39 Å². The van der Waals surface area contributed by atoms with Crippen molar-refractivity contribution < 1.29 is 4.39 Å². The smallest absolute Gasteiger partial charge is 0.176 e. The van der Waals surface area contributed by atoms with Crippen molar-refractivity contribution >= 4 is 0 Å². The highest BCUT2D eigenvalue weighted by Crippen LogP contribution is 2.21. The van der Waals surface area contributed by atoms with Crippen molar-refractivity contribution in [3.8, 4) is 0 Å². The molecular formula is C14H20FN5. The van der Waals surface area contributed by atoms with Gasteiger partial charge in [0.1, 0.15) is 5.82 Å². The van der Waals surface area contributed by atoms with Crippen LogP contribution in [0.3, 0.4) is 0 Å². The summed E-state index contributed by atoms with van der Waals surface area (Å²) in [6.07, 6.45) is 1.67. The lowest BCUT2D eigenvalue weighted by molar-refractivity contribution is 0.513. The molecule has 0 aliphatic rings. The minimum atomic E-state index is -0.210. The zero-order valence-electron chi connectivity index (χ0n) is 12.1. The van der Waals surface area contributed by atoms with Crippen LogP contribution in [0, 0.1) is 12.7 Å². The van der Waals surface area contributed by atoms with E-state index in [2.05, 4.69) is 27.7 Å². The third-order valence-electron chi connectivity index (χ3n) is 3.18. The molecule has 20 heavy (non-hydrogen) atoms. The average Bonchev–Trinajstić information content (AvgIpc) is 2.80. The molecule has 2 aromatic rings. The molecule has 5 nitrogen and oxygen atoms in total. The SMILES string of the molecule is CCCNC(Cc1nnn(C)n1)c1ccc(F)cc1C. The molecule has 1 unspecified atom stereocenters. The van der Waals surface area contributed by atoms with Crippen molar-refractivity contribution in [2.75, 3.05) is 6.54 Å². The number of nitrogens with zero attached hydrogens (tertiary/aromatic N) is 4. The minimum Gasteiger partial charge on any atom is -0.310 e. The lowest BCUT2D eigenvalue weighted by Gasteiger charge is -2.19. The second kappa shape index (κ2) is 6.56. The van der Waals surface area contributed by atoms with Crippen molar-refractivity contribution in [2.45, 2.75) is 32.7 Å². The maximum absolute atomic E-state index is 13.2. The third-order valence-corrected chi connectivity index (χ3v) is 3.18. The first-order valence-electron chi connectivity index (χ1n) is 6.82. The fourth-order valence-electron chi connectivity index (χ4n) is 2.23.